The number of carbonyl (C=O) groups excluding carboxylic acids is 1. The molecule has 0 bridgehead atoms. The van der Waals surface area contributed by atoms with Crippen molar-refractivity contribution < 1.29 is 9.53 Å². The van der Waals surface area contributed by atoms with Gasteiger partial charge in [-0.2, -0.15) is 9.47 Å². The van der Waals surface area contributed by atoms with Gasteiger partial charge in [-0.15, -0.1) is 0 Å². The van der Waals surface area contributed by atoms with E-state index in [1.807, 2.05) is 30.9 Å². The van der Waals surface area contributed by atoms with Crippen molar-refractivity contribution in [2.75, 3.05) is 6.61 Å². The van der Waals surface area contributed by atoms with Gasteiger partial charge >= 0.3 is 0 Å². The number of aryl methyl sites for hydroxylation is 2. The van der Waals surface area contributed by atoms with Crippen LogP contribution in [-0.4, -0.2) is 32.7 Å². The average Bonchev–Trinajstić information content (AvgIpc) is 3.16. The van der Waals surface area contributed by atoms with Gasteiger partial charge in [-0.1, -0.05) is 0 Å². The lowest BCUT2D eigenvalue weighted by Crippen LogP contribution is -2.42. The predicted octanol–water partition coefficient (Wildman–Crippen LogP) is 2.32. The fourth-order valence-corrected chi connectivity index (χ4v) is 3.41. The maximum atomic E-state index is 12.4. The second-order valence-corrected chi connectivity index (χ2v) is 6.09. The SMILES string of the molecule is CCn1cc([C@H]2OCCC[C@@H]2NC(=O)c2csnc2C)cn1. The summed E-state index contributed by atoms with van der Waals surface area (Å²) in [6.07, 6.45) is 5.54. The maximum absolute atomic E-state index is 12.4. The van der Waals surface area contributed by atoms with Crippen LogP contribution in [0.2, 0.25) is 0 Å². The highest BCUT2D eigenvalue weighted by Crippen LogP contribution is 2.28. The highest BCUT2D eigenvalue weighted by Gasteiger charge is 2.30. The summed E-state index contributed by atoms with van der Waals surface area (Å²) in [6.45, 7) is 5.44. The molecule has 1 saturated heterocycles. The lowest BCUT2D eigenvalue weighted by Gasteiger charge is -2.31. The fraction of sp³-hybridized carbons (Fsp3) is 0.533. The Morgan fingerprint density at radius 2 is 2.45 bits per heavy atom. The molecule has 2 atom stereocenters. The number of ether oxygens (including phenoxy) is 1. The first-order valence-electron chi connectivity index (χ1n) is 7.55. The molecule has 0 aromatic carbocycles. The first-order valence-corrected chi connectivity index (χ1v) is 8.38. The number of rotatable bonds is 4. The molecule has 3 rings (SSSR count). The number of aromatic nitrogens is 3. The zero-order chi connectivity index (χ0) is 15.5. The lowest BCUT2D eigenvalue weighted by molar-refractivity contribution is -0.00951. The predicted molar refractivity (Wildman–Crippen MR) is 83.9 cm³/mol. The monoisotopic (exact) mass is 320 g/mol. The zero-order valence-corrected chi connectivity index (χ0v) is 13.6. The van der Waals surface area contributed by atoms with Crippen LogP contribution in [0.5, 0.6) is 0 Å². The molecule has 1 fully saturated rings. The largest absolute Gasteiger partial charge is 0.371 e. The summed E-state index contributed by atoms with van der Waals surface area (Å²) in [5, 5.41) is 9.20. The molecule has 1 amide bonds. The van der Waals surface area contributed by atoms with Gasteiger partial charge in [0, 0.05) is 30.3 Å². The van der Waals surface area contributed by atoms with Crippen LogP contribution in [-0.2, 0) is 11.3 Å². The Kier molecular flexibility index (Phi) is 4.54. The fourth-order valence-electron chi connectivity index (χ4n) is 2.71. The van der Waals surface area contributed by atoms with Crippen molar-refractivity contribution >= 4 is 17.4 Å². The van der Waals surface area contributed by atoms with Crippen LogP contribution >= 0.6 is 11.5 Å². The van der Waals surface area contributed by atoms with Crippen molar-refractivity contribution in [1.29, 1.82) is 0 Å². The Hall–Kier alpha value is -1.73. The molecule has 1 aliphatic rings. The number of hydrogen-bond acceptors (Lipinski definition) is 5. The molecule has 6 nitrogen and oxygen atoms in total. The number of amides is 1. The van der Waals surface area contributed by atoms with E-state index in [2.05, 4.69) is 14.8 Å². The van der Waals surface area contributed by atoms with Gasteiger partial charge in [0.15, 0.2) is 0 Å². The first-order chi connectivity index (χ1) is 10.7. The van der Waals surface area contributed by atoms with Crippen LogP contribution in [0.3, 0.4) is 0 Å². The van der Waals surface area contributed by atoms with Gasteiger partial charge in [0.25, 0.3) is 5.91 Å². The summed E-state index contributed by atoms with van der Waals surface area (Å²) >= 11 is 1.30. The molecule has 2 aromatic heterocycles. The minimum absolute atomic E-state index is 0.0324. The van der Waals surface area contributed by atoms with E-state index in [1.54, 1.807) is 5.38 Å². The standard InChI is InChI=1S/C15H20N4O2S/c1-3-19-8-11(7-16-19)14-13(5-4-6-21-14)17-15(20)12-9-22-18-10(12)2/h7-9,13-14H,3-6H2,1-2H3,(H,17,20)/t13-,14+/m0/s1. The minimum Gasteiger partial charge on any atom is -0.371 e. The molecule has 118 valence electrons. The molecular formula is C15H20N4O2S. The Morgan fingerprint density at radius 3 is 3.14 bits per heavy atom. The molecule has 0 radical (unpaired) electrons. The summed E-state index contributed by atoms with van der Waals surface area (Å²) in [4.78, 5) is 12.4. The van der Waals surface area contributed by atoms with Crippen LogP contribution in [0.15, 0.2) is 17.8 Å². The quantitative estimate of drug-likeness (QED) is 0.938. The Morgan fingerprint density at radius 1 is 1.59 bits per heavy atom. The molecule has 3 heterocycles. The van der Waals surface area contributed by atoms with Gasteiger partial charge in [0.2, 0.25) is 0 Å². The van der Waals surface area contributed by atoms with Gasteiger partial charge in [-0.25, -0.2) is 0 Å². The third-order valence-electron chi connectivity index (χ3n) is 3.94. The topological polar surface area (TPSA) is 69.0 Å². The summed E-state index contributed by atoms with van der Waals surface area (Å²) in [6, 6.07) is -0.0324. The smallest absolute Gasteiger partial charge is 0.254 e. The third-order valence-corrected chi connectivity index (χ3v) is 4.66. The molecular weight excluding hydrogens is 300 g/mol. The number of nitrogens with one attached hydrogen (secondary N) is 1. The Bertz CT molecular complexity index is 652. The van der Waals surface area contributed by atoms with E-state index in [-0.39, 0.29) is 18.1 Å². The van der Waals surface area contributed by atoms with Gasteiger partial charge < -0.3 is 10.1 Å². The normalized spacial score (nSPS) is 21.7. The number of hydrogen-bond donors (Lipinski definition) is 1. The van der Waals surface area contributed by atoms with Crippen LogP contribution in [0.4, 0.5) is 0 Å². The van der Waals surface area contributed by atoms with Gasteiger partial charge in [-0.05, 0) is 38.2 Å². The maximum Gasteiger partial charge on any atom is 0.254 e. The van der Waals surface area contributed by atoms with Crippen molar-refractivity contribution in [3.8, 4) is 0 Å². The second kappa shape index (κ2) is 6.58. The summed E-state index contributed by atoms with van der Waals surface area (Å²) < 4.78 is 11.9. The Labute approximate surface area is 133 Å². The molecule has 0 spiro atoms. The second-order valence-electron chi connectivity index (χ2n) is 5.46. The van der Waals surface area contributed by atoms with E-state index in [0.717, 1.165) is 30.6 Å². The van der Waals surface area contributed by atoms with Gasteiger partial charge in [0.05, 0.1) is 23.5 Å². The molecule has 1 aliphatic heterocycles. The molecule has 0 unspecified atom stereocenters. The lowest BCUT2D eigenvalue weighted by atomic mass is 9.98. The van der Waals surface area contributed by atoms with Gasteiger partial charge in [0.1, 0.15) is 6.10 Å². The number of nitrogens with zero attached hydrogens (tertiary/aromatic N) is 3. The average molecular weight is 320 g/mol. The summed E-state index contributed by atoms with van der Waals surface area (Å²) in [7, 11) is 0. The highest BCUT2D eigenvalue weighted by atomic mass is 32.1. The van der Waals surface area contributed by atoms with Crippen molar-refractivity contribution in [1.82, 2.24) is 19.5 Å². The van der Waals surface area contributed by atoms with Crippen LogP contribution < -0.4 is 5.32 Å². The molecule has 7 heteroatoms. The molecule has 2 aromatic rings. The van der Waals surface area contributed by atoms with Crippen molar-refractivity contribution in [3.63, 3.8) is 0 Å². The van der Waals surface area contributed by atoms with E-state index in [0.29, 0.717) is 12.2 Å². The number of carbonyl (C=O) groups is 1. The Balaban J connectivity index is 1.75. The molecule has 1 N–H and O–H groups in total. The van der Waals surface area contributed by atoms with Gasteiger partial charge in [-0.3, -0.25) is 9.48 Å². The molecule has 22 heavy (non-hydrogen) atoms. The van der Waals surface area contributed by atoms with Crippen molar-refractivity contribution in [2.45, 2.75) is 45.4 Å². The van der Waals surface area contributed by atoms with Crippen LogP contribution in [0, 0.1) is 6.92 Å². The molecule has 0 saturated carbocycles. The van der Waals surface area contributed by atoms with E-state index < -0.39 is 0 Å². The van der Waals surface area contributed by atoms with E-state index in [9.17, 15) is 4.79 Å². The van der Waals surface area contributed by atoms with Crippen LogP contribution in [0.1, 0.15) is 47.5 Å². The zero-order valence-electron chi connectivity index (χ0n) is 12.8. The molecule has 0 aliphatic carbocycles. The van der Waals surface area contributed by atoms with E-state index >= 15 is 0 Å². The highest BCUT2D eigenvalue weighted by molar-refractivity contribution is 7.03. The third kappa shape index (κ3) is 3.05. The summed E-state index contributed by atoms with van der Waals surface area (Å²) in [5.74, 6) is -0.0744. The van der Waals surface area contributed by atoms with Crippen molar-refractivity contribution in [2.24, 2.45) is 0 Å². The van der Waals surface area contributed by atoms with E-state index in [1.165, 1.54) is 11.5 Å². The van der Waals surface area contributed by atoms with E-state index in [4.69, 9.17) is 4.74 Å². The minimum atomic E-state index is -0.134. The summed E-state index contributed by atoms with van der Waals surface area (Å²) in [5.41, 5.74) is 2.44. The van der Waals surface area contributed by atoms with Crippen molar-refractivity contribution in [3.05, 3.63) is 34.6 Å². The van der Waals surface area contributed by atoms with Crippen LogP contribution in [0.25, 0.3) is 0 Å². The first kappa shape index (κ1) is 15.2.